The summed E-state index contributed by atoms with van der Waals surface area (Å²) >= 11 is 6.65. The van der Waals surface area contributed by atoms with Gasteiger partial charge in [-0.3, -0.25) is 14.7 Å². The number of carbonyl (C=O) groups excluding carboxylic acids is 2. The number of hydrogen-bond acceptors (Lipinski definition) is 5. The fourth-order valence-electron chi connectivity index (χ4n) is 4.84. The second kappa shape index (κ2) is 8.74. The number of benzene rings is 1. The molecule has 2 aromatic heterocycles. The van der Waals surface area contributed by atoms with Crippen LogP contribution in [0.3, 0.4) is 0 Å². The van der Waals surface area contributed by atoms with E-state index in [1.807, 2.05) is 0 Å². The van der Waals surface area contributed by atoms with Crippen LogP contribution in [0.15, 0.2) is 36.5 Å². The summed E-state index contributed by atoms with van der Waals surface area (Å²) in [6, 6.07) is 7.68. The molecule has 1 saturated carbocycles. The number of aryl methyl sites for hydroxylation is 1. The van der Waals surface area contributed by atoms with Gasteiger partial charge >= 0.3 is 6.03 Å². The summed E-state index contributed by atoms with van der Waals surface area (Å²) < 4.78 is 20.5. The Kier molecular flexibility index (Phi) is 5.52. The van der Waals surface area contributed by atoms with Crippen LogP contribution in [0.4, 0.5) is 20.6 Å². The highest BCUT2D eigenvalue weighted by molar-refractivity contribution is 6.34. The molecule has 1 unspecified atom stereocenters. The number of carbonyl (C=O) groups is 2. The molecular formula is C26H23ClFN5O3. The number of rotatable bonds is 4. The van der Waals surface area contributed by atoms with Gasteiger partial charge in [-0.25, -0.2) is 14.2 Å². The molecule has 3 aliphatic rings. The zero-order valence-corrected chi connectivity index (χ0v) is 20.2. The van der Waals surface area contributed by atoms with Crippen molar-refractivity contribution in [2.45, 2.75) is 44.2 Å². The average molecular weight is 508 g/mol. The zero-order valence-electron chi connectivity index (χ0n) is 19.5. The lowest BCUT2D eigenvalue weighted by Gasteiger charge is -2.33. The standard InChI is InChI=1S/C26H23ClFN5O3/c1-29-25(34)19-10-18-15(23(31-19)13-4-5-13)12-33(26(35)32-18)20-11-22-14(9-16(20)27)6-7-21(36-22)24-17(28)3-2-8-30-24/h2-3,8-11,13,21H,4-7,12H2,1H3,(H,29,34)(H,32,35). The highest BCUT2D eigenvalue weighted by Crippen LogP contribution is 2.46. The quantitative estimate of drug-likeness (QED) is 0.510. The van der Waals surface area contributed by atoms with Crippen LogP contribution in [-0.2, 0) is 13.0 Å². The maximum Gasteiger partial charge on any atom is 0.326 e. The number of ether oxygens (including phenoxy) is 1. The van der Waals surface area contributed by atoms with Crippen molar-refractivity contribution in [1.82, 2.24) is 15.3 Å². The molecule has 0 spiro atoms. The zero-order chi connectivity index (χ0) is 25.0. The molecule has 6 rings (SSSR count). The third kappa shape index (κ3) is 3.93. The van der Waals surface area contributed by atoms with Crippen LogP contribution in [0.25, 0.3) is 0 Å². The Labute approximate surface area is 211 Å². The average Bonchev–Trinajstić information content (AvgIpc) is 3.72. The van der Waals surface area contributed by atoms with Crippen molar-refractivity contribution in [2.24, 2.45) is 0 Å². The number of pyridine rings is 2. The molecule has 1 atom stereocenters. The van der Waals surface area contributed by atoms with Gasteiger partial charge in [0.1, 0.15) is 29.1 Å². The van der Waals surface area contributed by atoms with E-state index in [4.69, 9.17) is 16.3 Å². The molecule has 4 heterocycles. The van der Waals surface area contributed by atoms with Crippen molar-refractivity contribution >= 4 is 34.9 Å². The predicted octanol–water partition coefficient (Wildman–Crippen LogP) is 5.12. The lowest BCUT2D eigenvalue weighted by Crippen LogP contribution is -2.40. The Balaban J connectivity index is 1.35. The second-order valence-electron chi connectivity index (χ2n) is 9.22. The van der Waals surface area contributed by atoms with Crippen LogP contribution in [0, 0.1) is 5.82 Å². The number of anilines is 2. The first kappa shape index (κ1) is 22.7. The molecule has 8 nitrogen and oxygen atoms in total. The fraction of sp³-hybridized carbons (Fsp3) is 0.308. The third-order valence-electron chi connectivity index (χ3n) is 6.84. The van der Waals surface area contributed by atoms with Crippen molar-refractivity contribution in [2.75, 3.05) is 17.3 Å². The highest BCUT2D eigenvalue weighted by atomic mass is 35.5. The Bertz CT molecular complexity index is 1410. The Hall–Kier alpha value is -3.72. The van der Waals surface area contributed by atoms with Crippen molar-refractivity contribution < 1.29 is 18.7 Å². The first-order valence-corrected chi connectivity index (χ1v) is 12.2. The summed E-state index contributed by atoms with van der Waals surface area (Å²) in [6.07, 6.45) is 4.20. The normalized spacial score (nSPS) is 18.6. The lowest BCUT2D eigenvalue weighted by atomic mass is 9.98. The van der Waals surface area contributed by atoms with Gasteiger partial charge in [0.15, 0.2) is 0 Å². The van der Waals surface area contributed by atoms with E-state index in [9.17, 15) is 14.0 Å². The van der Waals surface area contributed by atoms with Gasteiger partial charge in [0.25, 0.3) is 5.91 Å². The molecule has 1 aromatic carbocycles. The molecule has 2 N–H and O–H groups in total. The van der Waals surface area contributed by atoms with Gasteiger partial charge in [0, 0.05) is 30.8 Å². The molecule has 0 radical (unpaired) electrons. The summed E-state index contributed by atoms with van der Waals surface area (Å²) in [4.78, 5) is 35.8. The first-order valence-electron chi connectivity index (χ1n) is 11.9. The summed E-state index contributed by atoms with van der Waals surface area (Å²) in [5.74, 6) is 0.0925. The Morgan fingerprint density at radius 2 is 2.08 bits per heavy atom. The van der Waals surface area contributed by atoms with Gasteiger partial charge in [-0.05, 0) is 55.5 Å². The van der Waals surface area contributed by atoms with Crippen molar-refractivity contribution in [3.63, 3.8) is 0 Å². The second-order valence-corrected chi connectivity index (χ2v) is 9.62. The minimum atomic E-state index is -0.530. The number of nitrogens with zero attached hydrogens (tertiary/aromatic N) is 3. The summed E-state index contributed by atoms with van der Waals surface area (Å²) in [7, 11) is 1.55. The van der Waals surface area contributed by atoms with Crippen LogP contribution >= 0.6 is 11.6 Å². The van der Waals surface area contributed by atoms with E-state index in [1.165, 1.54) is 6.07 Å². The maximum absolute atomic E-state index is 14.3. The van der Waals surface area contributed by atoms with Gasteiger partial charge in [-0.15, -0.1) is 0 Å². The molecule has 184 valence electrons. The van der Waals surface area contributed by atoms with Crippen LogP contribution in [0.1, 0.15) is 64.3 Å². The van der Waals surface area contributed by atoms with E-state index in [2.05, 4.69) is 20.6 Å². The van der Waals surface area contributed by atoms with E-state index < -0.39 is 11.9 Å². The Morgan fingerprint density at radius 3 is 2.83 bits per heavy atom. The van der Waals surface area contributed by atoms with Gasteiger partial charge in [0.2, 0.25) is 0 Å². The van der Waals surface area contributed by atoms with Gasteiger partial charge in [-0.1, -0.05) is 11.6 Å². The number of fused-ring (bicyclic) bond motifs is 2. The number of amides is 3. The monoisotopic (exact) mass is 507 g/mol. The van der Waals surface area contributed by atoms with Crippen LogP contribution in [0.2, 0.25) is 5.02 Å². The van der Waals surface area contributed by atoms with Crippen LogP contribution in [-0.4, -0.2) is 29.0 Å². The topological polar surface area (TPSA) is 96.5 Å². The Morgan fingerprint density at radius 1 is 1.25 bits per heavy atom. The fourth-order valence-corrected chi connectivity index (χ4v) is 5.13. The van der Waals surface area contributed by atoms with E-state index >= 15 is 0 Å². The molecule has 2 aliphatic heterocycles. The number of nitrogens with one attached hydrogen (secondary N) is 2. The summed E-state index contributed by atoms with van der Waals surface area (Å²) in [5.41, 5.74) is 4.20. The number of urea groups is 1. The minimum Gasteiger partial charge on any atom is -0.484 e. The maximum atomic E-state index is 14.3. The minimum absolute atomic E-state index is 0.255. The number of hydrogen-bond donors (Lipinski definition) is 2. The molecule has 3 amide bonds. The molecule has 1 aliphatic carbocycles. The first-order chi connectivity index (χ1) is 17.4. The molecule has 36 heavy (non-hydrogen) atoms. The molecule has 0 bridgehead atoms. The molecule has 3 aromatic rings. The summed E-state index contributed by atoms with van der Waals surface area (Å²) in [5, 5.41) is 5.92. The third-order valence-corrected chi connectivity index (χ3v) is 7.14. The number of halogens is 2. The van der Waals surface area contributed by atoms with Gasteiger partial charge in [-0.2, -0.15) is 0 Å². The molecular weight excluding hydrogens is 485 g/mol. The van der Waals surface area contributed by atoms with E-state index in [1.54, 1.807) is 42.4 Å². The molecule has 0 saturated heterocycles. The van der Waals surface area contributed by atoms with Crippen molar-refractivity contribution in [3.05, 3.63) is 75.6 Å². The predicted molar refractivity (Wildman–Crippen MR) is 132 cm³/mol. The van der Waals surface area contributed by atoms with Crippen molar-refractivity contribution in [1.29, 1.82) is 0 Å². The smallest absolute Gasteiger partial charge is 0.326 e. The van der Waals surface area contributed by atoms with Gasteiger partial charge in [0.05, 0.1) is 28.6 Å². The SMILES string of the molecule is CNC(=O)c1cc2c(c(C3CC3)n1)CN(c1cc3c(cc1Cl)CCC(c1ncccc1F)O3)C(=O)N2. The molecule has 1 fully saturated rings. The number of aromatic nitrogens is 2. The van der Waals surface area contributed by atoms with E-state index in [0.29, 0.717) is 35.0 Å². The largest absolute Gasteiger partial charge is 0.484 e. The van der Waals surface area contributed by atoms with Crippen LogP contribution in [0.5, 0.6) is 5.75 Å². The lowest BCUT2D eigenvalue weighted by molar-refractivity contribution is 0.0958. The molecule has 10 heteroatoms. The van der Waals surface area contributed by atoms with E-state index in [-0.39, 0.29) is 35.8 Å². The highest BCUT2D eigenvalue weighted by Gasteiger charge is 2.36. The van der Waals surface area contributed by atoms with Crippen LogP contribution < -0.4 is 20.3 Å². The van der Waals surface area contributed by atoms with E-state index in [0.717, 1.165) is 29.7 Å². The van der Waals surface area contributed by atoms with Crippen molar-refractivity contribution in [3.8, 4) is 5.75 Å². The summed E-state index contributed by atoms with van der Waals surface area (Å²) in [6.45, 7) is 0.255. The van der Waals surface area contributed by atoms with Gasteiger partial charge < -0.3 is 15.4 Å².